The molecule has 0 saturated heterocycles. The molecule has 0 aliphatic carbocycles. The van der Waals surface area contributed by atoms with Crippen LogP contribution in [0.15, 0.2) is 29.3 Å². The number of benzene rings is 1. The quantitative estimate of drug-likeness (QED) is 0.0147. The molecular weight excluding hydrogens is 959 g/mol. The number of amides is 9. The molecule has 0 aliphatic heterocycles. The molecule has 26 heteroatoms. The molecule has 0 bridgehead atoms. The average molecular weight is 1040 g/mol. The fourth-order valence-electron chi connectivity index (χ4n) is 6.78. The zero-order chi connectivity index (χ0) is 54.8. The summed E-state index contributed by atoms with van der Waals surface area (Å²) >= 11 is 4.17. The summed E-state index contributed by atoms with van der Waals surface area (Å²) in [4.78, 5) is 135. The predicted molar refractivity (Wildman–Crippen MR) is 270 cm³/mol. The van der Waals surface area contributed by atoms with Crippen LogP contribution in [0.25, 0.3) is 0 Å². The number of hydrogen-bond donors (Lipinski definition) is 15. The lowest BCUT2D eigenvalue weighted by molar-refractivity contribution is -0.144. The molecule has 0 spiro atoms. The highest BCUT2D eigenvalue weighted by Gasteiger charge is 2.34. The van der Waals surface area contributed by atoms with Gasteiger partial charge in [0.05, 0.1) is 12.6 Å². The lowest BCUT2D eigenvalue weighted by atomic mass is 9.97. The van der Waals surface area contributed by atoms with E-state index >= 15 is 0 Å². The molecule has 1 rings (SSSR count). The van der Waals surface area contributed by atoms with Crippen molar-refractivity contribution in [2.75, 3.05) is 18.8 Å². The number of thiol groups is 1. The van der Waals surface area contributed by atoms with Gasteiger partial charge in [0.25, 0.3) is 0 Å². The fraction of sp³-hybridized carbons (Fsp3) is 0.630. The van der Waals surface area contributed by atoms with E-state index in [-0.39, 0.29) is 67.9 Å². The molecule has 0 unspecified atom stereocenters. The largest absolute Gasteiger partial charge is 0.508 e. The molecule has 0 radical (unpaired) electrons. The highest BCUT2D eigenvalue weighted by atomic mass is 32.1. The number of phenolic OH excluding ortho intramolecular Hbond substituents is 1. The van der Waals surface area contributed by atoms with Crippen LogP contribution in [0, 0.1) is 17.8 Å². The van der Waals surface area contributed by atoms with E-state index in [1.54, 1.807) is 20.8 Å². The Hall–Kier alpha value is -6.70. The first kappa shape index (κ1) is 63.3. The first-order valence-electron chi connectivity index (χ1n) is 23.8. The van der Waals surface area contributed by atoms with Crippen molar-refractivity contribution in [1.82, 2.24) is 42.5 Å². The number of rotatable bonds is 33. The van der Waals surface area contributed by atoms with Gasteiger partial charge in [0.15, 0.2) is 5.96 Å². The van der Waals surface area contributed by atoms with Gasteiger partial charge in [-0.2, -0.15) is 12.6 Å². The van der Waals surface area contributed by atoms with Gasteiger partial charge in [-0.3, -0.25) is 48.1 Å². The van der Waals surface area contributed by atoms with Crippen molar-refractivity contribution in [3.8, 4) is 5.75 Å². The minimum Gasteiger partial charge on any atom is -0.508 e. The molecule has 0 heterocycles. The monoisotopic (exact) mass is 1040 g/mol. The van der Waals surface area contributed by atoms with E-state index in [9.17, 15) is 58.2 Å². The van der Waals surface area contributed by atoms with Crippen molar-refractivity contribution in [3.63, 3.8) is 0 Å². The van der Waals surface area contributed by atoms with Crippen LogP contribution in [0.3, 0.4) is 0 Å². The zero-order valence-electron chi connectivity index (χ0n) is 42.1. The van der Waals surface area contributed by atoms with Crippen LogP contribution in [0.5, 0.6) is 5.75 Å². The van der Waals surface area contributed by atoms with E-state index < -0.39 is 126 Å². The molecule has 72 heavy (non-hydrogen) atoms. The van der Waals surface area contributed by atoms with E-state index in [0.29, 0.717) is 18.4 Å². The normalized spacial score (nSPS) is 15.2. The van der Waals surface area contributed by atoms with Crippen molar-refractivity contribution in [1.29, 1.82) is 0 Å². The maximum atomic E-state index is 14.1. The number of aliphatic imine (C=N–C) groups is 1. The molecule has 10 atom stereocenters. The number of nitrogens with zero attached hydrogens (tertiary/aromatic N) is 1. The molecule has 9 amide bonds. The Balaban J connectivity index is 3.27. The molecule has 0 saturated carbocycles. The van der Waals surface area contributed by atoms with Gasteiger partial charge >= 0.3 is 5.97 Å². The number of primary amides is 1. The van der Waals surface area contributed by atoms with E-state index in [1.165, 1.54) is 31.2 Å². The average Bonchev–Trinajstić information content (AvgIpc) is 3.32. The molecule has 0 fully saturated rings. The number of hydrogen-bond acceptors (Lipinski definition) is 14. The number of carboxylic acid groups (broad SMARTS) is 1. The van der Waals surface area contributed by atoms with Gasteiger partial charge < -0.3 is 75.7 Å². The van der Waals surface area contributed by atoms with Crippen LogP contribution in [0.2, 0.25) is 0 Å². The number of carbonyl (C=O) groups excluding carboxylic acids is 9. The van der Waals surface area contributed by atoms with Gasteiger partial charge in [0, 0.05) is 25.1 Å². The summed E-state index contributed by atoms with van der Waals surface area (Å²) < 4.78 is 0. The SMILES string of the molecule is CC[C@H](C)[C@H](N)C(=O)N[C@@H](CC(C)C)C(=O)N[C@@H](CS)C(=O)NCC(=O)N[C@@H](C)C(=O)N[C@@H](CCC(N)=O)C(=O)N[C@@H](Cc1ccc(O)cc1)C(=O)N[C@@H](CCCN=C(N)N)C(=O)N[C@H](C(=O)O)[C@@H](C)CC. The number of carboxylic acids is 1. The van der Waals surface area contributed by atoms with Crippen LogP contribution in [0.1, 0.15) is 99.0 Å². The first-order chi connectivity index (χ1) is 33.7. The third-order valence-electron chi connectivity index (χ3n) is 11.6. The fourth-order valence-corrected chi connectivity index (χ4v) is 7.04. The second kappa shape index (κ2) is 32.3. The molecule has 18 N–H and O–H groups in total. The third kappa shape index (κ3) is 23.5. The van der Waals surface area contributed by atoms with Crippen LogP contribution < -0.4 is 65.5 Å². The summed E-state index contributed by atoms with van der Waals surface area (Å²) in [5.74, 6) is -9.89. The Morgan fingerprint density at radius 1 is 0.639 bits per heavy atom. The summed E-state index contributed by atoms with van der Waals surface area (Å²) in [6.45, 7) is 11.4. The number of guanidine groups is 1. The Labute approximate surface area is 425 Å². The summed E-state index contributed by atoms with van der Waals surface area (Å²) in [6, 6.07) is -4.61. The number of aliphatic carboxylic acids is 1. The summed E-state index contributed by atoms with van der Waals surface area (Å²) in [6.07, 6.45) is 0.308. The Morgan fingerprint density at radius 3 is 1.69 bits per heavy atom. The summed E-state index contributed by atoms with van der Waals surface area (Å²) in [5.41, 5.74) is 22.7. The van der Waals surface area contributed by atoms with Gasteiger partial charge in [-0.15, -0.1) is 0 Å². The van der Waals surface area contributed by atoms with Crippen LogP contribution in [-0.2, 0) is 54.4 Å². The van der Waals surface area contributed by atoms with Crippen LogP contribution in [0.4, 0.5) is 0 Å². The molecule has 0 aromatic heterocycles. The molecule has 25 nitrogen and oxygen atoms in total. The summed E-state index contributed by atoms with van der Waals surface area (Å²) in [5, 5.41) is 39.7. The molecule has 404 valence electrons. The predicted octanol–water partition coefficient (Wildman–Crippen LogP) is -2.74. The van der Waals surface area contributed by atoms with Gasteiger partial charge in [-0.05, 0) is 68.1 Å². The molecule has 0 aliphatic rings. The number of aromatic hydroxyl groups is 1. The Kier molecular flexibility index (Phi) is 28.4. The van der Waals surface area contributed by atoms with Gasteiger partial charge in [0.1, 0.15) is 48.0 Å². The smallest absolute Gasteiger partial charge is 0.326 e. The Bertz CT molecular complexity index is 2040. The standard InChI is InChI=1S/C46H77N13O12S/c1-8-24(5)36(48)44(69)57-31(19-23(3)4)42(67)58-33(22-72)39(64)52-21-35(62)53-26(7)38(63)54-30(16-17-34(47)61)40(65)56-32(20-27-12-14-28(60)15-13-27)43(68)55-29(11-10-18-51-46(49)50)41(66)59-37(45(70)71)25(6)9-2/h12-15,23-26,29-33,36-37,60,72H,8-11,16-22,48H2,1-7H3,(H2,47,61)(H,52,64)(H,53,62)(H,54,63)(H,55,68)(H,56,65)(H,57,69)(H,58,67)(H,59,66)(H,70,71)(H4,49,50,51)/t24-,25-,26-,29-,30-,31-,32-,33-,36-,37-/m0/s1. The van der Waals surface area contributed by atoms with E-state index in [4.69, 9.17) is 22.9 Å². The summed E-state index contributed by atoms with van der Waals surface area (Å²) in [7, 11) is 0. The van der Waals surface area contributed by atoms with E-state index in [0.717, 1.165) is 0 Å². The van der Waals surface area contributed by atoms with Crippen molar-refractivity contribution in [2.45, 2.75) is 148 Å². The molecule has 1 aromatic rings. The minimum absolute atomic E-state index is 0.0314. The number of phenols is 1. The number of nitrogens with two attached hydrogens (primary N) is 4. The van der Waals surface area contributed by atoms with Gasteiger partial charge in [-0.1, -0.05) is 66.5 Å². The second-order valence-corrected chi connectivity index (χ2v) is 18.4. The highest BCUT2D eigenvalue weighted by Crippen LogP contribution is 2.14. The van der Waals surface area contributed by atoms with Crippen molar-refractivity contribution < 1.29 is 58.2 Å². The number of nitrogens with one attached hydrogen (secondary N) is 8. The van der Waals surface area contributed by atoms with E-state index in [1.807, 2.05) is 20.8 Å². The van der Waals surface area contributed by atoms with Crippen molar-refractivity contribution >= 4 is 77.7 Å². The lowest BCUT2D eigenvalue weighted by Crippen LogP contribution is -2.59. The maximum absolute atomic E-state index is 14.1. The highest BCUT2D eigenvalue weighted by molar-refractivity contribution is 7.80. The topological polar surface area (TPSA) is 424 Å². The van der Waals surface area contributed by atoms with Crippen LogP contribution >= 0.6 is 12.6 Å². The van der Waals surface area contributed by atoms with E-state index in [2.05, 4.69) is 60.2 Å². The van der Waals surface area contributed by atoms with Crippen LogP contribution in [-0.4, -0.2) is 142 Å². The van der Waals surface area contributed by atoms with Crippen molar-refractivity contribution in [3.05, 3.63) is 29.8 Å². The van der Waals surface area contributed by atoms with Gasteiger partial charge in [-0.25, -0.2) is 4.79 Å². The maximum Gasteiger partial charge on any atom is 0.326 e. The lowest BCUT2D eigenvalue weighted by Gasteiger charge is -2.27. The third-order valence-corrected chi connectivity index (χ3v) is 12.0. The number of carbonyl (C=O) groups is 10. The zero-order valence-corrected chi connectivity index (χ0v) is 43.0. The molecule has 1 aromatic carbocycles. The van der Waals surface area contributed by atoms with Gasteiger partial charge in [0.2, 0.25) is 53.2 Å². The Morgan fingerprint density at radius 2 is 1.15 bits per heavy atom. The minimum atomic E-state index is -1.54. The molecular formula is C46H77N13O12S. The second-order valence-electron chi connectivity index (χ2n) is 18.1. The van der Waals surface area contributed by atoms with Crippen molar-refractivity contribution in [2.24, 2.45) is 45.7 Å². The first-order valence-corrected chi connectivity index (χ1v) is 24.5.